The minimum absolute atomic E-state index is 0.235. The minimum atomic E-state index is -3.74. The van der Waals surface area contributed by atoms with Crippen molar-refractivity contribution in [2.24, 2.45) is 0 Å². The molecule has 1 saturated heterocycles. The van der Waals surface area contributed by atoms with E-state index in [9.17, 15) is 8.42 Å². The molecule has 3 aromatic rings. The molecule has 5 rings (SSSR count). The Labute approximate surface area is 164 Å². The van der Waals surface area contributed by atoms with E-state index < -0.39 is 9.84 Å². The SMILES string of the molecule is Cc1c2c(nc3c(S(=O)(=O)c4ccccc4)c(N4CCNCC4)nn13)CCC2. The van der Waals surface area contributed by atoms with Gasteiger partial charge < -0.3 is 10.2 Å². The van der Waals surface area contributed by atoms with Crippen LogP contribution in [0.1, 0.15) is 23.4 Å². The molecular formula is C20H23N5O2S. The summed E-state index contributed by atoms with van der Waals surface area (Å²) in [5, 5.41) is 8.09. The van der Waals surface area contributed by atoms with Crippen LogP contribution in [0.4, 0.5) is 5.82 Å². The van der Waals surface area contributed by atoms with Crippen molar-refractivity contribution >= 4 is 21.3 Å². The fourth-order valence-electron chi connectivity index (χ4n) is 4.25. The van der Waals surface area contributed by atoms with Gasteiger partial charge in [0.15, 0.2) is 16.4 Å². The molecular weight excluding hydrogens is 374 g/mol. The van der Waals surface area contributed by atoms with E-state index in [1.54, 1.807) is 28.8 Å². The maximum atomic E-state index is 13.6. The van der Waals surface area contributed by atoms with Crippen LogP contribution >= 0.6 is 0 Å². The van der Waals surface area contributed by atoms with Crippen molar-refractivity contribution in [3.05, 3.63) is 47.3 Å². The number of nitrogens with zero attached hydrogens (tertiary/aromatic N) is 4. The third-order valence-electron chi connectivity index (χ3n) is 5.72. The first-order chi connectivity index (χ1) is 13.6. The summed E-state index contributed by atoms with van der Waals surface area (Å²) in [6, 6.07) is 8.60. The molecule has 1 N–H and O–H groups in total. The molecule has 0 spiro atoms. The van der Waals surface area contributed by atoms with Gasteiger partial charge in [-0.3, -0.25) is 0 Å². The Balaban J connectivity index is 1.81. The molecule has 0 radical (unpaired) electrons. The summed E-state index contributed by atoms with van der Waals surface area (Å²) in [6.45, 7) is 5.08. The van der Waals surface area contributed by atoms with Crippen LogP contribution in [0.25, 0.3) is 5.65 Å². The predicted molar refractivity (Wildman–Crippen MR) is 107 cm³/mol. The van der Waals surface area contributed by atoms with Crippen LogP contribution in [-0.2, 0) is 22.7 Å². The van der Waals surface area contributed by atoms with Crippen molar-refractivity contribution in [1.82, 2.24) is 19.9 Å². The van der Waals surface area contributed by atoms with Crippen LogP contribution in [0.2, 0.25) is 0 Å². The molecule has 0 amide bonds. The second-order valence-electron chi connectivity index (χ2n) is 7.42. The molecule has 1 aromatic carbocycles. The maximum Gasteiger partial charge on any atom is 0.214 e. The minimum Gasteiger partial charge on any atom is -0.351 e. The number of aryl methyl sites for hydroxylation is 2. The average Bonchev–Trinajstić information content (AvgIpc) is 3.35. The Kier molecular flexibility index (Phi) is 4.13. The van der Waals surface area contributed by atoms with Crippen molar-refractivity contribution in [3.8, 4) is 0 Å². The lowest BCUT2D eigenvalue weighted by Gasteiger charge is -2.27. The van der Waals surface area contributed by atoms with Crippen LogP contribution in [0.3, 0.4) is 0 Å². The van der Waals surface area contributed by atoms with Gasteiger partial charge in [-0.25, -0.2) is 17.9 Å². The van der Waals surface area contributed by atoms with Gasteiger partial charge >= 0.3 is 0 Å². The highest BCUT2D eigenvalue weighted by Gasteiger charge is 2.33. The second kappa shape index (κ2) is 6.56. The van der Waals surface area contributed by atoms with Gasteiger partial charge in [-0.2, -0.15) is 0 Å². The predicted octanol–water partition coefficient (Wildman–Crippen LogP) is 1.77. The molecule has 2 aliphatic rings. The van der Waals surface area contributed by atoms with Gasteiger partial charge in [-0.15, -0.1) is 5.10 Å². The molecule has 3 heterocycles. The largest absolute Gasteiger partial charge is 0.351 e. The van der Waals surface area contributed by atoms with E-state index in [-0.39, 0.29) is 9.79 Å². The molecule has 0 bridgehead atoms. The Morgan fingerprint density at radius 2 is 1.82 bits per heavy atom. The molecule has 1 aliphatic carbocycles. The third kappa shape index (κ3) is 2.62. The number of aromatic nitrogens is 3. The highest BCUT2D eigenvalue weighted by Crippen LogP contribution is 2.35. The van der Waals surface area contributed by atoms with Crippen molar-refractivity contribution in [3.63, 3.8) is 0 Å². The smallest absolute Gasteiger partial charge is 0.214 e. The van der Waals surface area contributed by atoms with E-state index in [0.717, 1.165) is 56.8 Å². The van der Waals surface area contributed by atoms with E-state index in [1.807, 2.05) is 13.0 Å². The van der Waals surface area contributed by atoms with Crippen LogP contribution in [0.5, 0.6) is 0 Å². The molecule has 7 nitrogen and oxygen atoms in total. The maximum absolute atomic E-state index is 13.6. The molecule has 28 heavy (non-hydrogen) atoms. The van der Waals surface area contributed by atoms with E-state index in [0.29, 0.717) is 11.5 Å². The summed E-state index contributed by atoms with van der Waals surface area (Å²) in [4.78, 5) is 7.38. The number of hydrogen-bond acceptors (Lipinski definition) is 6. The summed E-state index contributed by atoms with van der Waals surface area (Å²) in [5.41, 5.74) is 3.69. The lowest BCUT2D eigenvalue weighted by molar-refractivity contribution is 0.576. The summed E-state index contributed by atoms with van der Waals surface area (Å²) in [5.74, 6) is 0.518. The van der Waals surface area contributed by atoms with Gasteiger partial charge in [0, 0.05) is 37.6 Å². The zero-order chi connectivity index (χ0) is 19.3. The third-order valence-corrected chi connectivity index (χ3v) is 7.52. The molecule has 1 aliphatic heterocycles. The normalized spacial score (nSPS) is 17.2. The Morgan fingerprint density at radius 3 is 2.57 bits per heavy atom. The Morgan fingerprint density at radius 1 is 1.07 bits per heavy atom. The topological polar surface area (TPSA) is 79.6 Å². The van der Waals surface area contributed by atoms with Crippen molar-refractivity contribution < 1.29 is 8.42 Å². The molecule has 8 heteroatoms. The number of rotatable bonds is 3. The molecule has 146 valence electrons. The monoisotopic (exact) mass is 397 g/mol. The van der Waals surface area contributed by atoms with Crippen LogP contribution in [-0.4, -0.2) is 49.2 Å². The van der Waals surface area contributed by atoms with Crippen LogP contribution in [0, 0.1) is 6.92 Å². The summed E-state index contributed by atoms with van der Waals surface area (Å²) in [7, 11) is -3.74. The first kappa shape index (κ1) is 17.6. The average molecular weight is 398 g/mol. The number of anilines is 1. The number of benzene rings is 1. The summed E-state index contributed by atoms with van der Waals surface area (Å²) >= 11 is 0. The zero-order valence-electron chi connectivity index (χ0n) is 15.9. The number of nitrogens with one attached hydrogen (secondary N) is 1. The number of sulfone groups is 1. The Hall–Kier alpha value is -2.45. The van der Waals surface area contributed by atoms with Gasteiger partial charge in [0.25, 0.3) is 0 Å². The lowest BCUT2D eigenvalue weighted by atomic mass is 10.2. The first-order valence-corrected chi connectivity index (χ1v) is 11.2. The van der Waals surface area contributed by atoms with Gasteiger partial charge in [-0.05, 0) is 43.9 Å². The van der Waals surface area contributed by atoms with Crippen LogP contribution < -0.4 is 10.2 Å². The second-order valence-corrected chi connectivity index (χ2v) is 9.30. The van der Waals surface area contributed by atoms with Crippen molar-refractivity contribution in [2.45, 2.75) is 36.0 Å². The van der Waals surface area contributed by atoms with Crippen molar-refractivity contribution in [1.29, 1.82) is 0 Å². The van der Waals surface area contributed by atoms with Gasteiger partial charge in [0.1, 0.15) is 0 Å². The van der Waals surface area contributed by atoms with E-state index in [2.05, 4.69) is 10.2 Å². The number of hydrogen-bond donors (Lipinski definition) is 1. The van der Waals surface area contributed by atoms with E-state index in [4.69, 9.17) is 10.1 Å². The molecule has 0 atom stereocenters. The standard InChI is InChI=1S/C20H23N5O2S/c1-14-16-8-5-9-17(16)22-19-18(28(26,27)15-6-3-2-4-7-15)20(23-25(14)19)24-12-10-21-11-13-24/h2-4,6-7,21H,5,8-13H2,1H3. The van der Waals surface area contributed by atoms with E-state index >= 15 is 0 Å². The summed E-state index contributed by atoms with van der Waals surface area (Å²) < 4.78 is 29.0. The highest BCUT2D eigenvalue weighted by atomic mass is 32.2. The van der Waals surface area contributed by atoms with Gasteiger partial charge in [0.05, 0.1) is 4.90 Å². The van der Waals surface area contributed by atoms with Crippen molar-refractivity contribution in [2.75, 3.05) is 31.1 Å². The van der Waals surface area contributed by atoms with Gasteiger partial charge in [0.2, 0.25) is 9.84 Å². The summed E-state index contributed by atoms with van der Waals surface area (Å²) in [6.07, 6.45) is 2.93. The molecule has 2 aromatic heterocycles. The lowest BCUT2D eigenvalue weighted by Crippen LogP contribution is -2.44. The number of fused-ring (bicyclic) bond motifs is 2. The van der Waals surface area contributed by atoms with Gasteiger partial charge in [-0.1, -0.05) is 18.2 Å². The molecule has 0 unspecified atom stereocenters. The highest BCUT2D eigenvalue weighted by molar-refractivity contribution is 7.91. The number of piperazine rings is 1. The Bertz CT molecular complexity index is 1150. The van der Waals surface area contributed by atoms with Crippen LogP contribution in [0.15, 0.2) is 40.1 Å². The zero-order valence-corrected chi connectivity index (χ0v) is 16.7. The fourth-order valence-corrected chi connectivity index (χ4v) is 5.79. The molecule has 0 saturated carbocycles. The molecule has 1 fully saturated rings. The quantitative estimate of drug-likeness (QED) is 0.726. The fraction of sp³-hybridized carbons (Fsp3) is 0.400. The first-order valence-electron chi connectivity index (χ1n) is 9.74. The van der Waals surface area contributed by atoms with E-state index in [1.165, 1.54) is 5.56 Å².